The van der Waals surface area contributed by atoms with Crippen molar-refractivity contribution in [1.29, 1.82) is 0 Å². The molecule has 0 amide bonds. The van der Waals surface area contributed by atoms with Crippen molar-refractivity contribution in [2.24, 2.45) is 0 Å². The lowest BCUT2D eigenvalue weighted by Gasteiger charge is -2.36. The lowest BCUT2D eigenvalue weighted by atomic mass is 10.4. The van der Waals surface area contributed by atoms with E-state index >= 15 is 0 Å². The first-order chi connectivity index (χ1) is 6.47. The summed E-state index contributed by atoms with van der Waals surface area (Å²) in [4.78, 5) is 2.62. The van der Waals surface area contributed by atoms with Crippen molar-refractivity contribution in [1.82, 2.24) is 4.90 Å². The molecular weight excluding hydrogens is 186 g/mol. The summed E-state index contributed by atoms with van der Waals surface area (Å²) in [5, 5.41) is 0. The minimum atomic E-state index is -1.09. The van der Waals surface area contributed by atoms with Gasteiger partial charge in [0, 0.05) is 5.67 Å². The number of likely N-dealkylation sites (N-methyl/N-ethyl adjacent to an activating group) is 1. The second-order valence-electron chi connectivity index (χ2n) is 4.97. The maximum Gasteiger partial charge on any atom is 0.0686 e. The Labute approximate surface area is 91.2 Å². The molecule has 1 atom stereocenters. The Bertz CT molecular complexity index is 170. The van der Waals surface area contributed by atoms with Gasteiger partial charge in [0.05, 0.1) is 8.07 Å². The van der Waals surface area contributed by atoms with E-state index in [1.54, 1.807) is 0 Å². The Balaban J connectivity index is 4.60. The van der Waals surface area contributed by atoms with Gasteiger partial charge in [-0.15, -0.1) is 0 Å². The zero-order valence-electron chi connectivity index (χ0n) is 10.8. The normalized spacial score (nSPS) is 15.4. The zero-order chi connectivity index (χ0) is 11.2. The van der Waals surface area contributed by atoms with Crippen LogP contribution >= 0.6 is 0 Å². The maximum atomic E-state index is 2.62. The summed E-state index contributed by atoms with van der Waals surface area (Å²) in [5.74, 6) is 0. The van der Waals surface area contributed by atoms with Crippen LogP contribution in [0.5, 0.6) is 0 Å². The molecule has 0 saturated carbocycles. The molecule has 0 heterocycles. The minimum Gasteiger partial charge on any atom is -0.300 e. The molecule has 0 rings (SSSR count). The van der Waals surface area contributed by atoms with E-state index in [9.17, 15) is 0 Å². The largest absolute Gasteiger partial charge is 0.300 e. The first kappa shape index (κ1) is 13.9. The van der Waals surface area contributed by atoms with Gasteiger partial charge < -0.3 is 0 Å². The van der Waals surface area contributed by atoms with Crippen LogP contribution in [0.2, 0.25) is 19.6 Å². The molecule has 0 aliphatic carbocycles. The molecule has 0 aromatic carbocycles. The summed E-state index contributed by atoms with van der Waals surface area (Å²) in [6.45, 7) is 16.4. The van der Waals surface area contributed by atoms with Crippen LogP contribution in [-0.4, -0.2) is 31.7 Å². The van der Waals surface area contributed by atoms with Crippen LogP contribution in [0, 0.1) is 0 Å². The fraction of sp³-hybridized carbons (Fsp3) is 0.833. The van der Waals surface area contributed by atoms with Gasteiger partial charge in [0.25, 0.3) is 0 Å². The van der Waals surface area contributed by atoms with E-state index in [0.29, 0.717) is 5.67 Å². The van der Waals surface area contributed by atoms with Crippen LogP contribution in [0.15, 0.2) is 12.2 Å². The summed E-state index contributed by atoms with van der Waals surface area (Å²) in [5.41, 5.74) is 0.706. The molecule has 0 saturated heterocycles. The van der Waals surface area contributed by atoms with Crippen molar-refractivity contribution >= 4 is 8.07 Å². The average molecular weight is 213 g/mol. The summed E-state index contributed by atoms with van der Waals surface area (Å²) < 4.78 is 0. The average Bonchev–Trinajstić information content (AvgIpc) is 2.09. The maximum absolute atomic E-state index is 2.62. The van der Waals surface area contributed by atoms with Gasteiger partial charge in [0.15, 0.2) is 0 Å². The minimum absolute atomic E-state index is 0.706. The first-order valence-electron chi connectivity index (χ1n) is 5.84. The van der Waals surface area contributed by atoms with Gasteiger partial charge in [-0.3, -0.25) is 4.90 Å². The highest BCUT2D eigenvalue weighted by Crippen LogP contribution is 2.16. The van der Waals surface area contributed by atoms with E-state index in [-0.39, 0.29) is 0 Å². The molecule has 0 aromatic heterocycles. The van der Waals surface area contributed by atoms with E-state index in [2.05, 4.69) is 57.5 Å². The highest BCUT2D eigenvalue weighted by molar-refractivity contribution is 6.78. The fourth-order valence-corrected chi connectivity index (χ4v) is 4.10. The lowest BCUT2D eigenvalue weighted by molar-refractivity contribution is 0.286. The summed E-state index contributed by atoms with van der Waals surface area (Å²) in [6, 6.07) is 0. The lowest BCUT2D eigenvalue weighted by Crippen LogP contribution is -2.50. The molecule has 1 nitrogen and oxygen atoms in total. The summed E-state index contributed by atoms with van der Waals surface area (Å²) >= 11 is 0. The zero-order valence-corrected chi connectivity index (χ0v) is 11.8. The fourth-order valence-electron chi connectivity index (χ4n) is 1.92. The highest BCUT2D eigenvalue weighted by atomic mass is 28.3. The van der Waals surface area contributed by atoms with Crippen molar-refractivity contribution in [2.75, 3.05) is 13.1 Å². The quantitative estimate of drug-likeness (QED) is 0.482. The van der Waals surface area contributed by atoms with E-state index in [4.69, 9.17) is 0 Å². The Morgan fingerprint density at radius 2 is 1.79 bits per heavy atom. The number of hydrogen-bond acceptors (Lipinski definition) is 1. The third-order valence-electron chi connectivity index (χ3n) is 2.57. The first-order valence-corrected chi connectivity index (χ1v) is 9.41. The predicted molar refractivity (Wildman–Crippen MR) is 69.5 cm³/mol. The Morgan fingerprint density at radius 3 is 2.07 bits per heavy atom. The molecular formula is C12H27NSi. The number of hydrogen-bond donors (Lipinski definition) is 0. The molecule has 14 heavy (non-hydrogen) atoms. The molecule has 2 heteroatoms. The molecule has 0 N–H and O–H groups in total. The van der Waals surface area contributed by atoms with Gasteiger partial charge in [0.2, 0.25) is 0 Å². The highest BCUT2D eigenvalue weighted by Gasteiger charge is 2.28. The van der Waals surface area contributed by atoms with Gasteiger partial charge >= 0.3 is 0 Å². The van der Waals surface area contributed by atoms with Crippen LogP contribution in [0.25, 0.3) is 0 Å². The van der Waals surface area contributed by atoms with Crippen molar-refractivity contribution < 1.29 is 0 Å². The Morgan fingerprint density at radius 1 is 1.21 bits per heavy atom. The van der Waals surface area contributed by atoms with Gasteiger partial charge in [-0.1, -0.05) is 45.6 Å². The molecule has 1 unspecified atom stereocenters. The van der Waals surface area contributed by atoms with Gasteiger partial charge in [-0.2, -0.15) is 0 Å². The van der Waals surface area contributed by atoms with Crippen LogP contribution in [-0.2, 0) is 0 Å². The molecule has 0 radical (unpaired) electrons. The van der Waals surface area contributed by atoms with E-state index in [1.165, 1.54) is 19.5 Å². The van der Waals surface area contributed by atoms with E-state index in [1.807, 2.05) is 0 Å². The molecule has 0 aliphatic heterocycles. The topological polar surface area (TPSA) is 3.24 Å². The molecule has 0 fully saturated rings. The van der Waals surface area contributed by atoms with Crippen LogP contribution in [0.3, 0.4) is 0 Å². The van der Waals surface area contributed by atoms with Gasteiger partial charge in [0.1, 0.15) is 0 Å². The molecule has 0 aliphatic rings. The molecule has 0 aromatic rings. The number of nitrogens with zero attached hydrogens (tertiary/aromatic N) is 1. The third kappa shape index (κ3) is 4.42. The molecule has 0 spiro atoms. The smallest absolute Gasteiger partial charge is 0.0686 e. The van der Waals surface area contributed by atoms with Crippen molar-refractivity contribution in [3.63, 3.8) is 0 Å². The second-order valence-corrected chi connectivity index (χ2v) is 10.3. The molecule has 84 valence electrons. The second kappa shape index (κ2) is 6.41. The van der Waals surface area contributed by atoms with Crippen LogP contribution in [0.1, 0.15) is 27.2 Å². The Hall–Kier alpha value is -0.0831. The van der Waals surface area contributed by atoms with Gasteiger partial charge in [-0.25, -0.2) is 0 Å². The summed E-state index contributed by atoms with van der Waals surface area (Å²) in [6.07, 6.45) is 5.86. The van der Waals surface area contributed by atoms with Crippen LogP contribution in [0.4, 0.5) is 0 Å². The predicted octanol–water partition coefficient (Wildman–Crippen LogP) is 3.54. The number of rotatable bonds is 6. The van der Waals surface area contributed by atoms with Crippen molar-refractivity contribution in [2.45, 2.75) is 52.5 Å². The SMILES string of the molecule is CC=CC(N(CC)CCC)[Si](C)(C)C. The van der Waals surface area contributed by atoms with Crippen LogP contribution < -0.4 is 0 Å². The Kier molecular flexibility index (Phi) is 6.37. The molecule has 0 bridgehead atoms. The number of allylic oxidation sites excluding steroid dienone is 1. The third-order valence-corrected chi connectivity index (χ3v) is 4.90. The van der Waals surface area contributed by atoms with Crippen molar-refractivity contribution in [3.8, 4) is 0 Å². The van der Waals surface area contributed by atoms with Crippen molar-refractivity contribution in [3.05, 3.63) is 12.2 Å². The van der Waals surface area contributed by atoms with Gasteiger partial charge in [-0.05, 0) is 26.4 Å². The standard InChI is InChI=1S/C12H27NSi/c1-7-10-12(14(4,5)6)13(9-3)11-8-2/h7,10,12H,8-9,11H2,1-6H3. The van der Waals surface area contributed by atoms with E-state index in [0.717, 1.165) is 0 Å². The van der Waals surface area contributed by atoms with E-state index < -0.39 is 8.07 Å². The monoisotopic (exact) mass is 213 g/mol. The summed E-state index contributed by atoms with van der Waals surface area (Å²) in [7, 11) is -1.09.